The first-order valence-corrected chi connectivity index (χ1v) is 8.04. The standard InChI is InChI=1S/C16H20OS/c17-16(12-6-3-1-2-4-7-12)14-8-5-9-15-13(14)10-11-18-15/h6,10-11,14H,1-5,7-9H2. The lowest BCUT2D eigenvalue weighted by atomic mass is 9.81. The summed E-state index contributed by atoms with van der Waals surface area (Å²) in [6, 6.07) is 2.18. The predicted octanol–water partition coefficient (Wildman–Crippen LogP) is 4.63. The summed E-state index contributed by atoms with van der Waals surface area (Å²) >= 11 is 1.83. The Labute approximate surface area is 113 Å². The zero-order valence-corrected chi connectivity index (χ0v) is 11.6. The average Bonchev–Trinajstić information content (AvgIpc) is 2.71. The molecule has 0 amide bonds. The number of hydrogen-bond donors (Lipinski definition) is 0. The largest absolute Gasteiger partial charge is 0.294 e. The molecule has 0 spiro atoms. The fraction of sp³-hybridized carbons (Fsp3) is 0.562. The molecule has 1 unspecified atom stereocenters. The number of hydrogen-bond acceptors (Lipinski definition) is 2. The maximum atomic E-state index is 12.7. The van der Waals surface area contributed by atoms with Gasteiger partial charge in [-0.25, -0.2) is 0 Å². The van der Waals surface area contributed by atoms with E-state index in [0.29, 0.717) is 5.78 Å². The predicted molar refractivity (Wildman–Crippen MR) is 76.2 cm³/mol. The van der Waals surface area contributed by atoms with E-state index in [-0.39, 0.29) is 5.92 Å². The maximum absolute atomic E-state index is 12.7. The van der Waals surface area contributed by atoms with E-state index in [4.69, 9.17) is 0 Å². The molecule has 0 aliphatic heterocycles. The third-order valence-electron chi connectivity index (χ3n) is 4.23. The van der Waals surface area contributed by atoms with E-state index in [9.17, 15) is 4.79 Å². The average molecular weight is 260 g/mol. The van der Waals surface area contributed by atoms with Crippen LogP contribution in [0.3, 0.4) is 0 Å². The SMILES string of the molecule is O=C(C1=CCCCCC1)C1CCCc2sccc21. The number of thiophene rings is 1. The van der Waals surface area contributed by atoms with Gasteiger partial charge in [0.05, 0.1) is 0 Å². The zero-order valence-electron chi connectivity index (χ0n) is 10.8. The van der Waals surface area contributed by atoms with Crippen LogP contribution >= 0.6 is 11.3 Å². The zero-order chi connectivity index (χ0) is 12.4. The lowest BCUT2D eigenvalue weighted by molar-refractivity contribution is -0.117. The van der Waals surface area contributed by atoms with Crippen LogP contribution in [-0.2, 0) is 11.2 Å². The fourth-order valence-electron chi connectivity index (χ4n) is 3.22. The Balaban J connectivity index is 1.83. The Kier molecular flexibility index (Phi) is 3.64. The molecule has 0 fully saturated rings. The van der Waals surface area contributed by atoms with Gasteiger partial charge in [0.2, 0.25) is 0 Å². The van der Waals surface area contributed by atoms with Crippen molar-refractivity contribution in [1.29, 1.82) is 0 Å². The number of carbonyl (C=O) groups excluding carboxylic acids is 1. The minimum absolute atomic E-state index is 0.171. The van der Waals surface area contributed by atoms with Crippen LogP contribution in [-0.4, -0.2) is 5.78 Å². The second-order valence-electron chi connectivity index (χ2n) is 5.44. The van der Waals surface area contributed by atoms with Crippen molar-refractivity contribution in [2.75, 3.05) is 0 Å². The molecule has 2 aliphatic carbocycles. The van der Waals surface area contributed by atoms with Crippen LogP contribution in [0.4, 0.5) is 0 Å². The van der Waals surface area contributed by atoms with Gasteiger partial charge in [-0.3, -0.25) is 4.79 Å². The van der Waals surface area contributed by atoms with Crippen molar-refractivity contribution in [1.82, 2.24) is 0 Å². The van der Waals surface area contributed by atoms with Crippen molar-refractivity contribution in [2.45, 2.75) is 57.3 Å². The molecule has 0 radical (unpaired) electrons. The molecule has 2 aliphatic rings. The first-order chi connectivity index (χ1) is 8.86. The minimum Gasteiger partial charge on any atom is -0.294 e. The van der Waals surface area contributed by atoms with Gasteiger partial charge < -0.3 is 0 Å². The monoisotopic (exact) mass is 260 g/mol. The van der Waals surface area contributed by atoms with Crippen molar-refractivity contribution < 1.29 is 4.79 Å². The summed E-state index contributed by atoms with van der Waals surface area (Å²) in [4.78, 5) is 14.2. The Morgan fingerprint density at radius 2 is 2.11 bits per heavy atom. The van der Waals surface area contributed by atoms with Gasteiger partial charge >= 0.3 is 0 Å². The van der Waals surface area contributed by atoms with E-state index in [2.05, 4.69) is 17.5 Å². The molecular weight excluding hydrogens is 240 g/mol. The number of Topliss-reactive ketones (excluding diaryl/α,β-unsaturated/α-hetero) is 1. The molecule has 0 aromatic carbocycles. The molecule has 0 saturated heterocycles. The van der Waals surface area contributed by atoms with Crippen LogP contribution in [0.25, 0.3) is 0 Å². The molecular formula is C16H20OS. The minimum atomic E-state index is 0.171. The number of ketones is 1. The van der Waals surface area contributed by atoms with Crippen molar-refractivity contribution in [3.05, 3.63) is 33.5 Å². The summed E-state index contributed by atoms with van der Waals surface area (Å²) in [5.74, 6) is 0.598. The van der Waals surface area contributed by atoms with Crippen molar-refractivity contribution in [3.63, 3.8) is 0 Å². The molecule has 0 saturated carbocycles. The van der Waals surface area contributed by atoms with Gasteiger partial charge in [-0.05, 0) is 67.5 Å². The van der Waals surface area contributed by atoms with E-state index in [0.717, 1.165) is 24.8 Å². The van der Waals surface area contributed by atoms with Crippen molar-refractivity contribution >= 4 is 17.1 Å². The van der Waals surface area contributed by atoms with E-state index < -0.39 is 0 Å². The topological polar surface area (TPSA) is 17.1 Å². The number of allylic oxidation sites excluding steroid dienone is 2. The Bertz CT molecular complexity index is 469. The van der Waals surface area contributed by atoms with E-state index in [1.54, 1.807) is 0 Å². The van der Waals surface area contributed by atoms with Gasteiger partial charge in [0.25, 0.3) is 0 Å². The molecule has 1 nitrogen and oxygen atoms in total. The highest BCUT2D eigenvalue weighted by molar-refractivity contribution is 7.10. The van der Waals surface area contributed by atoms with E-state index in [1.807, 2.05) is 11.3 Å². The van der Waals surface area contributed by atoms with Gasteiger partial charge in [0, 0.05) is 10.8 Å². The number of aryl methyl sites for hydroxylation is 1. The summed E-state index contributed by atoms with van der Waals surface area (Å²) in [5.41, 5.74) is 2.46. The quantitative estimate of drug-likeness (QED) is 0.758. The summed E-state index contributed by atoms with van der Waals surface area (Å²) in [5, 5.41) is 2.15. The van der Waals surface area contributed by atoms with Crippen LogP contribution in [0.2, 0.25) is 0 Å². The number of fused-ring (bicyclic) bond motifs is 1. The molecule has 3 rings (SSSR count). The molecule has 2 heteroatoms. The Hall–Kier alpha value is -0.890. The van der Waals surface area contributed by atoms with Crippen molar-refractivity contribution in [2.24, 2.45) is 0 Å². The smallest absolute Gasteiger partial charge is 0.166 e. The maximum Gasteiger partial charge on any atom is 0.166 e. The second kappa shape index (κ2) is 5.40. The first-order valence-electron chi connectivity index (χ1n) is 7.16. The van der Waals surface area contributed by atoms with E-state index in [1.165, 1.54) is 42.5 Å². The van der Waals surface area contributed by atoms with Gasteiger partial charge in [-0.1, -0.05) is 12.5 Å². The van der Waals surface area contributed by atoms with Gasteiger partial charge in [0.15, 0.2) is 5.78 Å². The fourth-order valence-corrected chi connectivity index (χ4v) is 4.21. The molecule has 1 aromatic heterocycles. The lowest BCUT2D eigenvalue weighted by Gasteiger charge is -2.22. The summed E-state index contributed by atoms with van der Waals surface area (Å²) in [7, 11) is 0. The second-order valence-corrected chi connectivity index (χ2v) is 6.44. The summed E-state index contributed by atoms with van der Waals surface area (Å²) < 4.78 is 0. The summed E-state index contributed by atoms with van der Waals surface area (Å²) in [6.45, 7) is 0. The summed E-state index contributed by atoms with van der Waals surface area (Å²) in [6.07, 6.45) is 11.5. The van der Waals surface area contributed by atoms with Gasteiger partial charge in [-0.15, -0.1) is 11.3 Å². The van der Waals surface area contributed by atoms with Crippen LogP contribution in [0.15, 0.2) is 23.1 Å². The molecule has 1 aromatic rings. The van der Waals surface area contributed by atoms with E-state index >= 15 is 0 Å². The molecule has 0 bridgehead atoms. The molecule has 1 heterocycles. The molecule has 0 N–H and O–H groups in total. The van der Waals surface area contributed by atoms with Gasteiger partial charge in [-0.2, -0.15) is 0 Å². The van der Waals surface area contributed by atoms with Crippen LogP contribution in [0.5, 0.6) is 0 Å². The van der Waals surface area contributed by atoms with Crippen LogP contribution in [0, 0.1) is 0 Å². The molecule has 18 heavy (non-hydrogen) atoms. The molecule has 96 valence electrons. The normalized spacial score (nSPS) is 24.0. The number of rotatable bonds is 2. The first kappa shape index (κ1) is 12.2. The number of carbonyl (C=O) groups is 1. The van der Waals surface area contributed by atoms with Crippen LogP contribution < -0.4 is 0 Å². The van der Waals surface area contributed by atoms with Crippen LogP contribution in [0.1, 0.15) is 61.3 Å². The third kappa shape index (κ3) is 2.31. The highest BCUT2D eigenvalue weighted by atomic mass is 32.1. The third-order valence-corrected chi connectivity index (χ3v) is 5.22. The Morgan fingerprint density at radius 1 is 1.17 bits per heavy atom. The van der Waals surface area contributed by atoms with Crippen molar-refractivity contribution in [3.8, 4) is 0 Å². The highest BCUT2D eigenvalue weighted by Crippen LogP contribution is 2.37. The molecule has 1 atom stereocenters. The lowest BCUT2D eigenvalue weighted by Crippen LogP contribution is -2.18. The Morgan fingerprint density at radius 3 is 3.06 bits per heavy atom. The van der Waals surface area contributed by atoms with Gasteiger partial charge in [0.1, 0.15) is 0 Å². The highest BCUT2D eigenvalue weighted by Gasteiger charge is 2.29.